The summed E-state index contributed by atoms with van der Waals surface area (Å²) in [7, 11) is 2.10. The van der Waals surface area contributed by atoms with Crippen molar-refractivity contribution in [1.29, 1.82) is 0 Å². The molecular formula is C21H27N3O2. The fourth-order valence-electron chi connectivity index (χ4n) is 3.18. The molecule has 0 aliphatic carbocycles. The fraction of sp³-hybridized carbons (Fsp3) is 0.381. The van der Waals surface area contributed by atoms with Crippen LogP contribution in [0.25, 0.3) is 0 Å². The Hall–Kier alpha value is -2.53. The van der Waals surface area contributed by atoms with Crippen LogP contribution in [0.15, 0.2) is 54.6 Å². The molecule has 1 heterocycles. The van der Waals surface area contributed by atoms with Crippen LogP contribution in [0.2, 0.25) is 0 Å². The molecule has 1 atom stereocenters. The SMILES string of the molecule is CN(CCCNC(=O)N[C@@H]1COc2ccccc2C1)Cc1ccccc1. The number of nitrogens with one attached hydrogen (secondary N) is 2. The van der Waals surface area contributed by atoms with Crippen molar-refractivity contribution >= 4 is 6.03 Å². The zero-order valence-electron chi connectivity index (χ0n) is 15.3. The molecule has 0 aromatic heterocycles. The Labute approximate surface area is 155 Å². The van der Waals surface area contributed by atoms with E-state index in [9.17, 15) is 4.79 Å². The number of para-hydroxylation sites is 1. The van der Waals surface area contributed by atoms with Crippen LogP contribution in [0, 0.1) is 0 Å². The normalized spacial score (nSPS) is 15.8. The summed E-state index contributed by atoms with van der Waals surface area (Å²) in [6.45, 7) is 3.04. The number of nitrogens with zero attached hydrogens (tertiary/aromatic N) is 1. The highest BCUT2D eigenvalue weighted by Gasteiger charge is 2.20. The Morgan fingerprint density at radius 3 is 2.77 bits per heavy atom. The predicted molar refractivity (Wildman–Crippen MR) is 103 cm³/mol. The maximum Gasteiger partial charge on any atom is 0.315 e. The molecule has 2 aromatic carbocycles. The van der Waals surface area contributed by atoms with E-state index in [1.165, 1.54) is 5.56 Å². The minimum atomic E-state index is -0.122. The van der Waals surface area contributed by atoms with Gasteiger partial charge in [-0.3, -0.25) is 0 Å². The quantitative estimate of drug-likeness (QED) is 0.753. The Balaban J connectivity index is 1.31. The molecule has 0 radical (unpaired) electrons. The Bertz CT molecular complexity index is 705. The second-order valence-electron chi connectivity index (χ2n) is 6.80. The van der Waals surface area contributed by atoms with Gasteiger partial charge in [0.2, 0.25) is 0 Å². The molecule has 138 valence electrons. The Morgan fingerprint density at radius 2 is 1.92 bits per heavy atom. The van der Waals surface area contributed by atoms with Gasteiger partial charge in [-0.1, -0.05) is 48.5 Å². The van der Waals surface area contributed by atoms with Crippen molar-refractivity contribution in [2.24, 2.45) is 0 Å². The molecule has 3 rings (SSSR count). The van der Waals surface area contributed by atoms with Crippen LogP contribution in [0.3, 0.4) is 0 Å². The first-order valence-electron chi connectivity index (χ1n) is 9.18. The smallest absolute Gasteiger partial charge is 0.315 e. The van der Waals surface area contributed by atoms with E-state index >= 15 is 0 Å². The van der Waals surface area contributed by atoms with Crippen molar-refractivity contribution < 1.29 is 9.53 Å². The van der Waals surface area contributed by atoms with E-state index in [1.807, 2.05) is 30.3 Å². The molecule has 1 aliphatic rings. The van der Waals surface area contributed by atoms with Gasteiger partial charge in [0.25, 0.3) is 0 Å². The van der Waals surface area contributed by atoms with Crippen molar-refractivity contribution in [3.63, 3.8) is 0 Å². The monoisotopic (exact) mass is 353 g/mol. The average Bonchev–Trinajstić information content (AvgIpc) is 2.66. The summed E-state index contributed by atoms with van der Waals surface area (Å²) in [5, 5.41) is 5.94. The standard InChI is InChI=1S/C21H27N3O2/c1-24(15-17-8-3-2-4-9-17)13-7-12-22-21(25)23-19-14-18-10-5-6-11-20(18)26-16-19/h2-6,8-11,19H,7,12-16H2,1H3,(H2,22,23,25)/t19-/m0/s1. The molecule has 0 unspecified atom stereocenters. The molecule has 0 bridgehead atoms. The number of rotatable bonds is 7. The summed E-state index contributed by atoms with van der Waals surface area (Å²) in [5.41, 5.74) is 2.45. The number of urea groups is 1. The molecule has 0 fully saturated rings. The van der Waals surface area contributed by atoms with Gasteiger partial charge in [0.1, 0.15) is 12.4 Å². The highest BCUT2D eigenvalue weighted by Crippen LogP contribution is 2.23. The summed E-state index contributed by atoms with van der Waals surface area (Å²) in [6, 6.07) is 18.3. The molecule has 5 heteroatoms. The number of carbonyl (C=O) groups excluding carboxylic acids is 1. The lowest BCUT2D eigenvalue weighted by atomic mass is 10.0. The minimum absolute atomic E-state index is 0.0191. The highest BCUT2D eigenvalue weighted by molar-refractivity contribution is 5.74. The molecule has 0 spiro atoms. The molecule has 0 saturated heterocycles. The molecule has 2 aromatic rings. The van der Waals surface area contributed by atoms with E-state index in [1.54, 1.807) is 0 Å². The van der Waals surface area contributed by atoms with Gasteiger partial charge < -0.3 is 20.3 Å². The number of hydrogen-bond acceptors (Lipinski definition) is 3. The summed E-state index contributed by atoms with van der Waals surface area (Å²) >= 11 is 0. The third-order valence-corrected chi connectivity index (χ3v) is 4.51. The number of benzene rings is 2. The topological polar surface area (TPSA) is 53.6 Å². The third kappa shape index (κ3) is 5.49. The van der Waals surface area contributed by atoms with Gasteiger partial charge in [-0.05, 0) is 43.6 Å². The lowest BCUT2D eigenvalue weighted by Crippen LogP contribution is -2.47. The molecule has 2 N–H and O–H groups in total. The summed E-state index contributed by atoms with van der Waals surface area (Å²) in [5.74, 6) is 0.924. The number of amides is 2. The van der Waals surface area contributed by atoms with Crippen LogP contribution in [0.5, 0.6) is 5.75 Å². The van der Waals surface area contributed by atoms with Crippen LogP contribution < -0.4 is 15.4 Å². The molecule has 5 nitrogen and oxygen atoms in total. The van der Waals surface area contributed by atoms with Gasteiger partial charge in [0.05, 0.1) is 6.04 Å². The van der Waals surface area contributed by atoms with Gasteiger partial charge in [0.15, 0.2) is 0 Å². The van der Waals surface area contributed by atoms with Crippen LogP contribution >= 0.6 is 0 Å². The maximum absolute atomic E-state index is 12.1. The zero-order chi connectivity index (χ0) is 18.2. The molecule has 2 amide bonds. The van der Waals surface area contributed by atoms with Gasteiger partial charge in [-0.15, -0.1) is 0 Å². The molecule has 1 aliphatic heterocycles. The number of ether oxygens (including phenoxy) is 1. The van der Waals surface area contributed by atoms with Crippen LogP contribution in [0.1, 0.15) is 17.5 Å². The predicted octanol–water partition coefficient (Wildman–Crippen LogP) is 2.81. The number of fused-ring (bicyclic) bond motifs is 1. The molecular weight excluding hydrogens is 326 g/mol. The van der Waals surface area contributed by atoms with Gasteiger partial charge in [-0.2, -0.15) is 0 Å². The van der Waals surface area contributed by atoms with Crippen molar-refractivity contribution in [1.82, 2.24) is 15.5 Å². The fourth-order valence-corrected chi connectivity index (χ4v) is 3.18. The highest BCUT2D eigenvalue weighted by atomic mass is 16.5. The average molecular weight is 353 g/mol. The lowest BCUT2D eigenvalue weighted by Gasteiger charge is -2.26. The largest absolute Gasteiger partial charge is 0.491 e. The van der Waals surface area contributed by atoms with E-state index in [2.05, 4.69) is 46.8 Å². The van der Waals surface area contributed by atoms with Crippen molar-refractivity contribution in [2.75, 3.05) is 26.7 Å². The second kappa shape index (κ2) is 9.25. The van der Waals surface area contributed by atoms with E-state index in [4.69, 9.17) is 4.74 Å². The Morgan fingerprint density at radius 1 is 1.15 bits per heavy atom. The molecule has 0 saturated carbocycles. The van der Waals surface area contributed by atoms with Crippen LogP contribution in [-0.4, -0.2) is 43.7 Å². The van der Waals surface area contributed by atoms with Gasteiger partial charge in [0, 0.05) is 13.1 Å². The van der Waals surface area contributed by atoms with E-state index in [0.717, 1.165) is 37.2 Å². The van der Waals surface area contributed by atoms with Crippen molar-refractivity contribution in [2.45, 2.75) is 25.4 Å². The Kier molecular flexibility index (Phi) is 6.50. The summed E-state index contributed by atoms with van der Waals surface area (Å²) < 4.78 is 5.70. The van der Waals surface area contributed by atoms with Gasteiger partial charge >= 0.3 is 6.03 Å². The first-order valence-corrected chi connectivity index (χ1v) is 9.18. The van der Waals surface area contributed by atoms with Crippen molar-refractivity contribution in [3.05, 3.63) is 65.7 Å². The van der Waals surface area contributed by atoms with E-state index in [-0.39, 0.29) is 12.1 Å². The van der Waals surface area contributed by atoms with Gasteiger partial charge in [-0.25, -0.2) is 4.79 Å². The van der Waals surface area contributed by atoms with Crippen LogP contribution in [-0.2, 0) is 13.0 Å². The summed E-state index contributed by atoms with van der Waals surface area (Å²) in [6.07, 6.45) is 1.73. The zero-order valence-corrected chi connectivity index (χ0v) is 15.3. The summed E-state index contributed by atoms with van der Waals surface area (Å²) in [4.78, 5) is 14.3. The third-order valence-electron chi connectivity index (χ3n) is 4.51. The first kappa shape index (κ1) is 18.3. The second-order valence-corrected chi connectivity index (χ2v) is 6.80. The van der Waals surface area contributed by atoms with Crippen LogP contribution in [0.4, 0.5) is 4.79 Å². The lowest BCUT2D eigenvalue weighted by molar-refractivity contribution is 0.214. The van der Waals surface area contributed by atoms with Crippen molar-refractivity contribution in [3.8, 4) is 5.75 Å². The van der Waals surface area contributed by atoms with E-state index < -0.39 is 0 Å². The number of carbonyl (C=O) groups is 1. The minimum Gasteiger partial charge on any atom is -0.491 e. The molecule has 26 heavy (non-hydrogen) atoms. The maximum atomic E-state index is 12.1. The number of hydrogen-bond donors (Lipinski definition) is 2. The van der Waals surface area contributed by atoms with E-state index in [0.29, 0.717) is 13.2 Å². The first-order chi connectivity index (χ1) is 12.7.